The van der Waals surface area contributed by atoms with Crippen LogP contribution in [0.5, 0.6) is 0 Å². The van der Waals surface area contributed by atoms with E-state index in [0.717, 1.165) is 0 Å². The molecular weight excluding hydrogens is 785 g/mol. The monoisotopic (exact) mass is 863 g/mol. The molecule has 1 saturated heterocycles. The molecule has 344 valence electrons. The van der Waals surface area contributed by atoms with Gasteiger partial charge in [-0.1, -0.05) is 36.7 Å². The van der Waals surface area contributed by atoms with Crippen molar-refractivity contribution in [3.63, 3.8) is 0 Å². The molecule has 14 nitrogen and oxygen atoms in total. The molecule has 0 aromatic carbocycles. The van der Waals surface area contributed by atoms with Gasteiger partial charge in [-0.15, -0.1) is 0 Å². The van der Waals surface area contributed by atoms with Crippen LogP contribution in [0.4, 0.5) is 0 Å². The third-order valence-electron chi connectivity index (χ3n) is 11.1. The second-order valence-corrected chi connectivity index (χ2v) is 24.1. The van der Waals surface area contributed by atoms with Crippen LogP contribution >= 0.6 is 10.0 Å². The Kier molecular flexibility index (Phi) is 18.6. The summed E-state index contributed by atoms with van der Waals surface area (Å²) < 4.78 is 41.4. The molecule has 5 N–H and O–H groups in total. The minimum atomic E-state index is -1.77. The molecule has 11 atom stereocenters. The Labute approximate surface area is 355 Å². The average Bonchev–Trinajstić information content (AvgIpc) is 3.60. The van der Waals surface area contributed by atoms with E-state index in [4.69, 9.17) is 33.2 Å². The van der Waals surface area contributed by atoms with Gasteiger partial charge in [0, 0.05) is 13.0 Å². The number of methoxy groups -OCH3 is 1. The summed E-state index contributed by atoms with van der Waals surface area (Å²) in [5, 5.41) is 58.8. The molecule has 0 aromatic rings. The molecule has 15 heteroatoms. The largest absolute Gasteiger partial charge is 0.463 e. The van der Waals surface area contributed by atoms with Gasteiger partial charge in [-0.05, 0) is 113 Å². The van der Waals surface area contributed by atoms with Gasteiger partial charge in [0.15, 0.2) is 12.7 Å². The minimum Gasteiger partial charge on any atom is -0.463 e. The Hall–Kier alpha value is -1.81. The van der Waals surface area contributed by atoms with Crippen LogP contribution in [0, 0.1) is 34.3 Å². The number of carbonyl (C=O) groups is 2. The van der Waals surface area contributed by atoms with E-state index in [-0.39, 0.29) is 43.5 Å². The maximum absolute atomic E-state index is 13.7. The SMILES string of the molecule is COC(C)(C)C(C(=O)OCC#CS(C)(C)C)C(O)C(O)[C@@H](CO)OC(C)(C)CCOC(C)(C)C1OC(C(=O)OCC2C(C=C(C)C)C2(C)C)[C@@H](OC(C)(C)C)C(O)C1O. The van der Waals surface area contributed by atoms with Gasteiger partial charge in [-0.2, -0.15) is 10.0 Å². The molecular formula is C44H78O14S. The van der Waals surface area contributed by atoms with E-state index in [9.17, 15) is 35.1 Å². The maximum Gasteiger partial charge on any atom is 0.338 e. The Morgan fingerprint density at radius 2 is 1.53 bits per heavy atom. The molecule has 59 heavy (non-hydrogen) atoms. The Balaban J connectivity index is 2.18. The average molecular weight is 863 g/mol. The second-order valence-electron chi connectivity index (χ2n) is 20.3. The van der Waals surface area contributed by atoms with E-state index in [1.807, 2.05) is 32.6 Å². The normalized spacial score (nSPS) is 27.3. The highest BCUT2D eigenvalue weighted by molar-refractivity contribution is 8.35. The van der Waals surface area contributed by atoms with Crippen molar-refractivity contribution in [3.05, 3.63) is 11.6 Å². The predicted molar refractivity (Wildman–Crippen MR) is 228 cm³/mol. The number of rotatable bonds is 20. The van der Waals surface area contributed by atoms with Gasteiger partial charge in [0.25, 0.3) is 0 Å². The summed E-state index contributed by atoms with van der Waals surface area (Å²) in [5.41, 5.74) is -3.31. The fourth-order valence-corrected chi connectivity index (χ4v) is 7.86. The van der Waals surface area contributed by atoms with Gasteiger partial charge >= 0.3 is 11.9 Å². The van der Waals surface area contributed by atoms with E-state index in [2.05, 4.69) is 31.1 Å². The molecule has 2 fully saturated rings. The van der Waals surface area contributed by atoms with Gasteiger partial charge in [-0.3, -0.25) is 4.79 Å². The zero-order chi connectivity index (χ0) is 45.7. The fraction of sp³-hybridized carbons (Fsp3) is 0.864. The zero-order valence-electron chi connectivity index (χ0n) is 38.8. The summed E-state index contributed by atoms with van der Waals surface area (Å²) >= 11 is 0. The van der Waals surface area contributed by atoms with Crippen molar-refractivity contribution in [2.75, 3.05) is 52.3 Å². The van der Waals surface area contributed by atoms with Crippen LogP contribution in [0.2, 0.25) is 0 Å². The minimum absolute atomic E-state index is 0.00198. The van der Waals surface area contributed by atoms with Crippen LogP contribution in [-0.4, -0.2) is 161 Å². The highest BCUT2D eigenvalue weighted by Gasteiger charge is 2.58. The summed E-state index contributed by atoms with van der Waals surface area (Å²) in [6.07, 6.45) is -3.34. The van der Waals surface area contributed by atoms with E-state index >= 15 is 0 Å². The van der Waals surface area contributed by atoms with E-state index < -0.39 is 106 Å². The molecule has 1 saturated carbocycles. The molecule has 9 unspecified atom stereocenters. The molecule has 1 aliphatic heterocycles. The zero-order valence-corrected chi connectivity index (χ0v) is 39.6. The van der Waals surface area contributed by atoms with Crippen LogP contribution in [0.1, 0.15) is 96.4 Å². The van der Waals surface area contributed by atoms with Gasteiger partial charge in [0.2, 0.25) is 0 Å². The van der Waals surface area contributed by atoms with E-state index in [1.54, 1.807) is 62.3 Å². The first kappa shape index (κ1) is 53.3. The first-order valence-electron chi connectivity index (χ1n) is 20.4. The van der Waals surface area contributed by atoms with Crippen LogP contribution in [0.15, 0.2) is 11.6 Å². The molecule has 0 bridgehead atoms. The molecule has 1 aliphatic carbocycles. The van der Waals surface area contributed by atoms with Crippen LogP contribution in [-0.2, 0) is 42.7 Å². The molecule has 0 amide bonds. The van der Waals surface area contributed by atoms with Gasteiger partial charge in [0.05, 0.1) is 48.3 Å². The van der Waals surface area contributed by atoms with E-state index in [1.165, 1.54) is 12.7 Å². The smallest absolute Gasteiger partial charge is 0.338 e. The van der Waals surface area contributed by atoms with Gasteiger partial charge < -0.3 is 58.7 Å². The standard InChI is InChI=1S/C44H78O14S/c1-26(2)23-27-28(42(27,8)9)25-54-39(51)36-35(58-40(3,4)5)33(48)34(49)37(56-36)44(12,13)55-21-19-41(6,7)57-29(24-45)31(46)32(47)30(43(10,11)52-14)38(50)53-20-18-22-59(15,16)17/h23,27-37,45-49H,19-21,24-25H2,1-17H3/t27?,28?,29-,30?,31?,32?,33?,34?,35+,36?,37?/m1/s1. The van der Waals surface area contributed by atoms with Crippen LogP contribution < -0.4 is 0 Å². The van der Waals surface area contributed by atoms with E-state index in [0.29, 0.717) is 0 Å². The summed E-state index contributed by atoms with van der Waals surface area (Å²) in [6.45, 7) is 22.7. The van der Waals surface area contributed by atoms with Crippen molar-refractivity contribution >= 4 is 22.0 Å². The number of allylic oxidation sites excluding steroid dienone is 2. The summed E-state index contributed by atoms with van der Waals surface area (Å²) in [5.74, 6) is 0.267. The maximum atomic E-state index is 13.7. The summed E-state index contributed by atoms with van der Waals surface area (Å²) in [4.78, 5) is 27.0. The molecule has 0 radical (unpaired) electrons. The number of aliphatic hydroxyl groups is 5. The Bertz CT molecular complexity index is 1480. The molecule has 1 heterocycles. The number of carbonyl (C=O) groups excluding carboxylic acids is 2. The molecule has 2 rings (SSSR count). The lowest BCUT2D eigenvalue weighted by atomic mass is 9.82. The molecule has 0 spiro atoms. The number of aliphatic hydroxyl groups excluding tert-OH is 5. The highest BCUT2D eigenvalue weighted by Crippen LogP contribution is 2.59. The summed E-state index contributed by atoms with van der Waals surface area (Å²) in [7, 11) is 0.211. The third-order valence-corrected chi connectivity index (χ3v) is 11.9. The first-order valence-corrected chi connectivity index (χ1v) is 23.3. The number of hydrogen-bond acceptors (Lipinski definition) is 14. The number of esters is 2. The van der Waals surface area contributed by atoms with Crippen molar-refractivity contribution in [3.8, 4) is 11.2 Å². The van der Waals surface area contributed by atoms with Crippen molar-refractivity contribution in [1.29, 1.82) is 0 Å². The van der Waals surface area contributed by atoms with Gasteiger partial charge in [-0.25, -0.2) is 4.79 Å². The quantitative estimate of drug-likeness (QED) is 0.0674. The van der Waals surface area contributed by atoms with Crippen molar-refractivity contribution in [2.45, 2.75) is 168 Å². The summed E-state index contributed by atoms with van der Waals surface area (Å²) in [6, 6.07) is 0. The molecule has 0 aromatic heterocycles. The van der Waals surface area contributed by atoms with Crippen molar-refractivity contribution in [1.82, 2.24) is 0 Å². The fourth-order valence-electron chi connectivity index (χ4n) is 7.37. The molecule has 2 aliphatic rings. The van der Waals surface area contributed by atoms with Crippen molar-refractivity contribution in [2.24, 2.45) is 23.2 Å². The lowest BCUT2D eigenvalue weighted by Gasteiger charge is -2.48. The highest BCUT2D eigenvalue weighted by atomic mass is 32.3. The lowest BCUT2D eigenvalue weighted by Crippen LogP contribution is -2.66. The topological polar surface area (TPSA) is 200 Å². The van der Waals surface area contributed by atoms with Gasteiger partial charge in [0.1, 0.15) is 42.5 Å². The number of hydrogen-bond donors (Lipinski definition) is 5. The first-order chi connectivity index (χ1) is 26.7. The van der Waals surface area contributed by atoms with Crippen LogP contribution in [0.3, 0.4) is 0 Å². The van der Waals surface area contributed by atoms with Crippen LogP contribution in [0.25, 0.3) is 0 Å². The number of ether oxygens (including phenoxy) is 7. The Morgan fingerprint density at radius 1 is 0.932 bits per heavy atom. The Morgan fingerprint density at radius 3 is 2.03 bits per heavy atom. The lowest BCUT2D eigenvalue weighted by molar-refractivity contribution is -0.287. The predicted octanol–water partition coefficient (Wildman–Crippen LogP) is 3.74. The second kappa shape index (κ2) is 20.6. The third kappa shape index (κ3) is 15.2. The van der Waals surface area contributed by atoms with Crippen molar-refractivity contribution < 1.29 is 68.3 Å².